The van der Waals surface area contributed by atoms with E-state index in [0.29, 0.717) is 28.7 Å². The van der Waals surface area contributed by atoms with Gasteiger partial charge in [0.05, 0.1) is 37.9 Å². The van der Waals surface area contributed by atoms with Gasteiger partial charge in [-0.2, -0.15) is 9.57 Å². The Morgan fingerprint density at radius 3 is 2.45 bits per heavy atom. The standard InChI is InChI=1S/C20H17ClN4O3S3/c21-18-6-5-17(30-18)20-23-15(13-29-20)11-19(26)24-7-9-25(10-8-24)31(27,28)16-3-1-14(12-22)2-4-16/h1-6,13H,7-11H2. The van der Waals surface area contributed by atoms with Gasteiger partial charge in [0, 0.05) is 31.6 Å². The molecule has 3 aromatic rings. The molecule has 0 atom stereocenters. The maximum atomic E-state index is 12.8. The summed E-state index contributed by atoms with van der Waals surface area (Å²) in [6.45, 7) is 1.10. The normalized spacial score (nSPS) is 15.0. The molecule has 7 nitrogen and oxygen atoms in total. The number of hydrogen-bond acceptors (Lipinski definition) is 7. The van der Waals surface area contributed by atoms with Crippen molar-refractivity contribution in [3.05, 3.63) is 57.4 Å². The van der Waals surface area contributed by atoms with E-state index < -0.39 is 10.0 Å². The molecule has 1 aliphatic rings. The van der Waals surface area contributed by atoms with Gasteiger partial charge in [0.25, 0.3) is 0 Å². The highest BCUT2D eigenvalue weighted by Gasteiger charge is 2.30. The second-order valence-electron chi connectivity index (χ2n) is 6.85. The van der Waals surface area contributed by atoms with Crippen molar-refractivity contribution >= 4 is 50.2 Å². The molecule has 0 bridgehead atoms. The lowest BCUT2D eigenvalue weighted by Crippen LogP contribution is -2.50. The molecule has 0 unspecified atom stereocenters. The smallest absolute Gasteiger partial charge is 0.243 e. The first-order chi connectivity index (χ1) is 14.9. The average Bonchev–Trinajstić information content (AvgIpc) is 3.42. The predicted octanol–water partition coefficient (Wildman–Crippen LogP) is 3.47. The summed E-state index contributed by atoms with van der Waals surface area (Å²) in [4.78, 5) is 20.0. The minimum atomic E-state index is -3.65. The van der Waals surface area contributed by atoms with Crippen LogP contribution in [0.15, 0.2) is 46.7 Å². The number of amides is 1. The number of hydrogen-bond donors (Lipinski definition) is 0. The van der Waals surface area contributed by atoms with Crippen LogP contribution < -0.4 is 0 Å². The Hall–Kier alpha value is -2.29. The Balaban J connectivity index is 1.35. The molecule has 1 saturated heterocycles. The zero-order valence-corrected chi connectivity index (χ0v) is 19.4. The van der Waals surface area contributed by atoms with Gasteiger partial charge in [-0.05, 0) is 36.4 Å². The number of carbonyl (C=O) groups excluding carboxylic acids is 1. The summed E-state index contributed by atoms with van der Waals surface area (Å²) in [6, 6.07) is 11.5. The fourth-order valence-electron chi connectivity index (χ4n) is 3.23. The molecule has 2 aromatic heterocycles. The quantitative estimate of drug-likeness (QED) is 0.543. The number of nitriles is 1. The molecular weight excluding hydrogens is 476 g/mol. The number of sulfonamides is 1. The molecule has 4 rings (SSSR count). The number of rotatable bonds is 5. The number of halogens is 1. The number of carbonyl (C=O) groups is 1. The molecule has 1 aromatic carbocycles. The van der Waals surface area contributed by atoms with Crippen LogP contribution in [0.3, 0.4) is 0 Å². The number of nitrogens with zero attached hydrogens (tertiary/aromatic N) is 4. The van der Waals surface area contributed by atoms with Crippen LogP contribution in [0.25, 0.3) is 9.88 Å². The molecule has 1 amide bonds. The highest BCUT2D eigenvalue weighted by atomic mass is 35.5. The maximum Gasteiger partial charge on any atom is 0.243 e. The summed E-state index contributed by atoms with van der Waals surface area (Å²) in [7, 11) is -3.65. The minimum Gasteiger partial charge on any atom is -0.340 e. The van der Waals surface area contributed by atoms with E-state index in [1.807, 2.05) is 23.6 Å². The van der Waals surface area contributed by atoms with Crippen LogP contribution in [-0.2, 0) is 21.2 Å². The number of benzene rings is 1. The van der Waals surface area contributed by atoms with Crippen molar-refractivity contribution in [2.45, 2.75) is 11.3 Å². The molecule has 0 saturated carbocycles. The van der Waals surface area contributed by atoms with Gasteiger partial charge in [0.1, 0.15) is 5.01 Å². The van der Waals surface area contributed by atoms with Gasteiger partial charge in [-0.3, -0.25) is 4.79 Å². The summed E-state index contributed by atoms with van der Waals surface area (Å²) in [5.74, 6) is -0.0727. The van der Waals surface area contributed by atoms with Gasteiger partial charge < -0.3 is 4.90 Å². The zero-order chi connectivity index (χ0) is 22.0. The van der Waals surface area contributed by atoms with Crippen LogP contribution in [0.5, 0.6) is 0 Å². The Bertz CT molecular complexity index is 1240. The summed E-state index contributed by atoms with van der Waals surface area (Å²) in [5.41, 5.74) is 1.10. The number of aromatic nitrogens is 1. The van der Waals surface area contributed by atoms with Crippen molar-refractivity contribution in [3.8, 4) is 16.0 Å². The van der Waals surface area contributed by atoms with Crippen molar-refractivity contribution in [2.75, 3.05) is 26.2 Å². The van der Waals surface area contributed by atoms with Gasteiger partial charge in [-0.25, -0.2) is 13.4 Å². The third kappa shape index (κ3) is 4.81. The summed E-state index contributed by atoms with van der Waals surface area (Å²) in [6.07, 6.45) is 0.179. The van der Waals surface area contributed by atoms with Gasteiger partial charge >= 0.3 is 0 Å². The van der Waals surface area contributed by atoms with Crippen molar-refractivity contribution in [3.63, 3.8) is 0 Å². The van der Waals surface area contributed by atoms with E-state index in [2.05, 4.69) is 4.98 Å². The lowest BCUT2D eigenvalue weighted by molar-refractivity contribution is -0.131. The van der Waals surface area contributed by atoms with Crippen LogP contribution in [-0.4, -0.2) is 54.7 Å². The molecule has 3 heterocycles. The van der Waals surface area contributed by atoms with Gasteiger partial charge in [-0.1, -0.05) is 11.6 Å². The van der Waals surface area contributed by atoms with Crippen LogP contribution in [0.1, 0.15) is 11.3 Å². The first kappa shape index (κ1) is 21.9. The summed E-state index contributed by atoms with van der Waals surface area (Å²) < 4.78 is 27.7. The second kappa shape index (κ2) is 9.06. The minimum absolute atomic E-state index is 0.0727. The van der Waals surface area contributed by atoms with Crippen LogP contribution in [0.4, 0.5) is 0 Å². The third-order valence-corrected chi connectivity index (χ3v) is 9.08. The average molecular weight is 493 g/mol. The van der Waals surface area contributed by atoms with Gasteiger partial charge in [0.2, 0.25) is 15.9 Å². The van der Waals surface area contributed by atoms with Crippen LogP contribution in [0, 0.1) is 11.3 Å². The van der Waals surface area contributed by atoms with Crippen molar-refractivity contribution in [1.82, 2.24) is 14.2 Å². The highest BCUT2D eigenvalue weighted by Crippen LogP contribution is 2.33. The topological polar surface area (TPSA) is 94.4 Å². The number of thiazole rings is 1. The predicted molar refractivity (Wildman–Crippen MR) is 121 cm³/mol. The van der Waals surface area contributed by atoms with Crippen LogP contribution >= 0.6 is 34.3 Å². The fourth-order valence-corrected chi connectivity index (χ4v) is 6.58. The van der Waals surface area contributed by atoms with Gasteiger partial charge in [0.15, 0.2) is 0 Å². The van der Waals surface area contributed by atoms with Crippen molar-refractivity contribution < 1.29 is 13.2 Å². The number of thiophene rings is 1. The molecule has 0 N–H and O–H groups in total. The molecule has 11 heteroatoms. The highest BCUT2D eigenvalue weighted by molar-refractivity contribution is 7.89. The zero-order valence-electron chi connectivity index (χ0n) is 16.2. The molecule has 1 fully saturated rings. The second-order valence-corrected chi connectivity index (χ2v) is 11.4. The van der Waals surface area contributed by atoms with E-state index in [4.69, 9.17) is 16.9 Å². The molecular formula is C20H17ClN4O3S3. The Kier molecular flexibility index (Phi) is 6.41. The Morgan fingerprint density at radius 2 is 1.84 bits per heavy atom. The molecule has 31 heavy (non-hydrogen) atoms. The largest absolute Gasteiger partial charge is 0.340 e. The van der Waals surface area contributed by atoms with Crippen LogP contribution in [0.2, 0.25) is 4.34 Å². The first-order valence-corrected chi connectivity index (χ1v) is 12.9. The lowest BCUT2D eigenvalue weighted by Gasteiger charge is -2.34. The van der Waals surface area contributed by atoms with E-state index in [0.717, 1.165) is 9.88 Å². The molecule has 0 aliphatic carbocycles. The number of piperazine rings is 1. The third-order valence-electron chi connectivity index (χ3n) is 4.88. The van der Waals surface area contributed by atoms with E-state index in [1.54, 1.807) is 4.90 Å². The molecule has 1 aliphatic heterocycles. The summed E-state index contributed by atoms with van der Waals surface area (Å²) >= 11 is 8.89. The van der Waals surface area contributed by atoms with E-state index in [9.17, 15) is 13.2 Å². The maximum absolute atomic E-state index is 12.8. The SMILES string of the molecule is N#Cc1ccc(S(=O)(=O)N2CCN(C(=O)Cc3csc(-c4ccc(Cl)s4)n3)CC2)cc1. The monoisotopic (exact) mass is 492 g/mol. The summed E-state index contributed by atoms with van der Waals surface area (Å²) in [5, 5.41) is 11.6. The van der Waals surface area contributed by atoms with E-state index in [1.165, 1.54) is 51.2 Å². The Labute approximate surface area is 193 Å². The lowest BCUT2D eigenvalue weighted by atomic mass is 10.2. The van der Waals surface area contributed by atoms with Crippen molar-refractivity contribution in [2.24, 2.45) is 0 Å². The van der Waals surface area contributed by atoms with E-state index >= 15 is 0 Å². The van der Waals surface area contributed by atoms with Crippen molar-refractivity contribution in [1.29, 1.82) is 5.26 Å². The molecule has 0 radical (unpaired) electrons. The van der Waals surface area contributed by atoms with E-state index in [-0.39, 0.29) is 30.3 Å². The molecule has 0 spiro atoms. The Morgan fingerprint density at radius 1 is 1.13 bits per heavy atom. The molecule has 160 valence electrons. The fraction of sp³-hybridized carbons (Fsp3) is 0.250. The van der Waals surface area contributed by atoms with Gasteiger partial charge in [-0.15, -0.1) is 22.7 Å². The first-order valence-electron chi connectivity index (χ1n) is 9.35.